The number of hydrogen-bond donors (Lipinski definition) is 0. The molecule has 4 rings (SSSR count). The van der Waals surface area contributed by atoms with Gasteiger partial charge in [-0.3, -0.25) is 9.79 Å². The van der Waals surface area contributed by atoms with Gasteiger partial charge in [-0.2, -0.15) is 0 Å². The molecule has 1 fully saturated rings. The molecule has 2 atom stereocenters. The average Bonchev–Trinajstić information content (AvgIpc) is 3.21. The van der Waals surface area contributed by atoms with Crippen LogP contribution in [-0.4, -0.2) is 50.5 Å². The minimum Gasteiger partial charge on any atom is -0.462 e. The van der Waals surface area contributed by atoms with E-state index >= 15 is 0 Å². The lowest BCUT2D eigenvalue weighted by atomic mass is 9.80. The van der Waals surface area contributed by atoms with E-state index in [1.54, 1.807) is 38.1 Å². The summed E-state index contributed by atoms with van der Waals surface area (Å²) in [6, 6.07) is 6.67. The maximum atomic E-state index is 13.3. The van der Waals surface area contributed by atoms with Crippen LogP contribution in [-0.2, 0) is 14.6 Å². The lowest BCUT2D eigenvalue weighted by Gasteiger charge is -2.21. The summed E-state index contributed by atoms with van der Waals surface area (Å²) in [4.78, 5) is 30.2. The van der Waals surface area contributed by atoms with Crippen LogP contribution in [0.4, 0.5) is 0 Å². The number of Topliss-reactive ketones (excluding diaryl/α,β-unsaturated/α-hetero) is 1. The number of ketones is 1. The second-order valence-electron chi connectivity index (χ2n) is 7.24. The molecule has 152 valence electrons. The van der Waals surface area contributed by atoms with Crippen LogP contribution in [0.1, 0.15) is 51.3 Å². The van der Waals surface area contributed by atoms with Crippen LogP contribution in [0, 0.1) is 6.92 Å². The first-order valence-electron chi connectivity index (χ1n) is 9.50. The van der Waals surface area contributed by atoms with Crippen molar-refractivity contribution in [3.8, 4) is 11.3 Å². The number of rotatable bonds is 4. The summed E-state index contributed by atoms with van der Waals surface area (Å²) in [5, 5.41) is 0. The summed E-state index contributed by atoms with van der Waals surface area (Å²) in [7, 11) is -3.09. The van der Waals surface area contributed by atoms with Gasteiger partial charge in [-0.15, -0.1) is 0 Å². The maximum Gasteiger partial charge on any atom is 0.342 e. The van der Waals surface area contributed by atoms with Gasteiger partial charge < -0.3 is 9.15 Å². The van der Waals surface area contributed by atoms with Gasteiger partial charge in [-0.1, -0.05) is 24.3 Å². The van der Waals surface area contributed by atoms with E-state index in [4.69, 9.17) is 9.15 Å². The summed E-state index contributed by atoms with van der Waals surface area (Å²) in [6.07, 6.45) is 1.90. The standard InChI is InChI=1S/C21H21NO6S/c1-3-27-21(24)17-12(2)28-20-15-7-5-4-6-14(15)19(23)16(18(17)20)10-22-13-8-9-29(25,26)11-13/h4-7,10,13,16H,3,8-9,11H2,1-2H3/t13-,16-/m0/s1. The summed E-state index contributed by atoms with van der Waals surface area (Å²) < 4.78 is 34.5. The molecule has 1 aliphatic carbocycles. The molecule has 0 spiro atoms. The van der Waals surface area contributed by atoms with Crippen molar-refractivity contribution in [3.05, 3.63) is 46.7 Å². The highest BCUT2D eigenvalue weighted by atomic mass is 32.2. The molecule has 1 saturated heterocycles. The highest BCUT2D eigenvalue weighted by Gasteiger charge is 2.39. The molecule has 1 aliphatic heterocycles. The van der Waals surface area contributed by atoms with E-state index < -0.39 is 21.7 Å². The summed E-state index contributed by atoms with van der Waals surface area (Å²) >= 11 is 0. The Hall–Kier alpha value is -2.74. The Bertz CT molecular complexity index is 1130. The van der Waals surface area contributed by atoms with Crippen molar-refractivity contribution in [2.75, 3.05) is 18.1 Å². The van der Waals surface area contributed by atoms with Crippen molar-refractivity contribution in [1.82, 2.24) is 0 Å². The highest BCUT2D eigenvalue weighted by molar-refractivity contribution is 7.91. The Morgan fingerprint density at radius 3 is 2.69 bits per heavy atom. The van der Waals surface area contributed by atoms with Crippen molar-refractivity contribution >= 4 is 27.8 Å². The largest absolute Gasteiger partial charge is 0.462 e. The Labute approximate surface area is 168 Å². The smallest absolute Gasteiger partial charge is 0.342 e. The lowest BCUT2D eigenvalue weighted by molar-refractivity contribution is 0.0523. The van der Waals surface area contributed by atoms with Crippen LogP contribution in [0.3, 0.4) is 0 Å². The van der Waals surface area contributed by atoms with Crippen molar-refractivity contribution in [3.63, 3.8) is 0 Å². The molecule has 0 saturated carbocycles. The van der Waals surface area contributed by atoms with E-state index in [1.165, 1.54) is 6.21 Å². The van der Waals surface area contributed by atoms with Crippen LogP contribution in [0.15, 0.2) is 33.7 Å². The molecule has 0 bridgehead atoms. The minimum absolute atomic E-state index is 0.0248. The molecular weight excluding hydrogens is 394 g/mol. The predicted molar refractivity (Wildman–Crippen MR) is 107 cm³/mol. The van der Waals surface area contributed by atoms with Gasteiger partial charge in [0.15, 0.2) is 15.6 Å². The zero-order valence-corrected chi connectivity index (χ0v) is 17.0. The molecule has 0 radical (unpaired) electrons. The third-order valence-corrected chi connectivity index (χ3v) is 7.04. The van der Waals surface area contributed by atoms with Crippen LogP contribution in [0.5, 0.6) is 0 Å². The number of carbonyl (C=O) groups is 2. The quantitative estimate of drug-likeness (QED) is 0.562. The van der Waals surface area contributed by atoms with Crippen LogP contribution in [0.2, 0.25) is 0 Å². The van der Waals surface area contributed by atoms with Gasteiger partial charge in [-0.05, 0) is 20.3 Å². The molecule has 8 heteroatoms. The van der Waals surface area contributed by atoms with E-state index in [0.29, 0.717) is 34.6 Å². The number of fused-ring (bicyclic) bond motifs is 3. The van der Waals surface area contributed by atoms with Gasteiger partial charge in [0.05, 0.1) is 30.1 Å². The van der Waals surface area contributed by atoms with Crippen LogP contribution >= 0.6 is 0 Å². The van der Waals surface area contributed by atoms with Crippen LogP contribution < -0.4 is 0 Å². The van der Waals surface area contributed by atoms with Gasteiger partial charge >= 0.3 is 5.97 Å². The highest BCUT2D eigenvalue weighted by Crippen LogP contribution is 2.43. The fourth-order valence-electron chi connectivity index (χ4n) is 3.95. The summed E-state index contributed by atoms with van der Waals surface area (Å²) in [5.74, 6) is -0.687. The number of esters is 1. The molecule has 0 amide bonds. The van der Waals surface area contributed by atoms with Crippen molar-refractivity contribution in [1.29, 1.82) is 0 Å². The minimum atomic E-state index is -3.09. The fourth-order valence-corrected chi connectivity index (χ4v) is 5.59. The predicted octanol–water partition coefficient (Wildman–Crippen LogP) is 2.97. The van der Waals surface area contributed by atoms with E-state index in [-0.39, 0.29) is 35.5 Å². The number of carbonyl (C=O) groups excluding carboxylic acids is 2. The van der Waals surface area contributed by atoms with Crippen molar-refractivity contribution < 1.29 is 27.2 Å². The number of hydrogen-bond acceptors (Lipinski definition) is 7. The third kappa shape index (κ3) is 3.42. The molecule has 7 nitrogen and oxygen atoms in total. The Kier molecular flexibility index (Phi) is 4.90. The van der Waals surface area contributed by atoms with Crippen molar-refractivity contribution in [2.24, 2.45) is 4.99 Å². The zero-order valence-electron chi connectivity index (χ0n) is 16.2. The molecule has 2 aromatic rings. The first-order valence-corrected chi connectivity index (χ1v) is 11.3. The summed E-state index contributed by atoms with van der Waals surface area (Å²) in [6.45, 7) is 3.57. The zero-order chi connectivity index (χ0) is 20.8. The Morgan fingerprint density at radius 1 is 1.31 bits per heavy atom. The number of nitrogens with zero attached hydrogens (tertiary/aromatic N) is 1. The number of sulfone groups is 1. The van der Waals surface area contributed by atoms with Gasteiger partial charge in [0.1, 0.15) is 17.1 Å². The Balaban J connectivity index is 1.83. The molecule has 29 heavy (non-hydrogen) atoms. The monoisotopic (exact) mass is 415 g/mol. The molecule has 1 aromatic carbocycles. The molecule has 0 N–H and O–H groups in total. The number of furan rings is 1. The van der Waals surface area contributed by atoms with Crippen molar-refractivity contribution in [2.45, 2.75) is 32.2 Å². The Morgan fingerprint density at radius 2 is 2.03 bits per heavy atom. The molecule has 2 heterocycles. The SMILES string of the molecule is CCOC(=O)c1c(C)oc2c1[C@H](C=N[C@H]1CCS(=O)(=O)C1)C(=O)c1ccccc1-2. The summed E-state index contributed by atoms with van der Waals surface area (Å²) in [5.41, 5.74) is 1.79. The van der Waals surface area contributed by atoms with Crippen LogP contribution in [0.25, 0.3) is 11.3 Å². The van der Waals surface area contributed by atoms with E-state index in [2.05, 4.69) is 4.99 Å². The average molecular weight is 415 g/mol. The second kappa shape index (κ2) is 7.26. The second-order valence-corrected chi connectivity index (χ2v) is 9.47. The van der Waals surface area contributed by atoms with E-state index in [1.807, 2.05) is 0 Å². The molecule has 2 aliphatic rings. The third-order valence-electron chi connectivity index (χ3n) is 5.29. The van der Waals surface area contributed by atoms with Gasteiger partial charge in [0.25, 0.3) is 0 Å². The normalized spacial score (nSPS) is 22.5. The molecular formula is C21H21NO6S. The number of aliphatic imine (C=N–C) groups is 1. The van der Waals surface area contributed by atoms with Gasteiger partial charge in [-0.25, -0.2) is 13.2 Å². The van der Waals surface area contributed by atoms with E-state index in [0.717, 1.165) is 0 Å². The molecule has 1 aromatic heterocycles. The maximum absolute atomic E-state index is 13.3. The number of ether oxygens (including phenoxy) is 1. The lowest BCUT2D eigenvalue weighted by Crippen LogP contribution is -2.23. The van der Waals surface area contributed by atoms with E-state index in [9.17, 15) is 18.0 Å². The first kappa shape index (κ1) is 19.6. The van der Waals surface area contributed by atoms with Gasteiger partial charge in [0, 0.05) is 22.9 Å². The number of benzene rings is 1. The van der Waals surface area contributed by atoms with Gasteiger partial charge in [0.2, 0.25) is 0 Å². The first-order chi connectivity index (χ1) is 13.8. The molecule has 0 unspecified atom stereocenters. The number of aryl methyl sites for hydroxylation is 1. The fraction of sp³-hybridized carbons (Fsp3) is 0.381. The topological polar surface area (TPSA) is 103 Å².